The van der Waals surface area contributed by atoms with E-state index < -0.39 is 11.7 Å². The van der Waals surface area contributed by atoms with Gasteiger partial charge in [0.1, 0.15) is 5.60 Å². The number of nitrogens with two attached hydrogens (primary N) is 1. The quantitative estimate of drug-likeness (QED) is 0.471. The van der Waals surface area contributed by atoms with E-state index in [4.69, 9.17) is 10.5 Å². The Morgan fingerprint density at radius 1 is 1.22 bits per heavy atom. The fraction of sp³-hybridized carbons (Fsp3) is 0.565. The summed E-state index contributed by atoms with van der Waals surface area (Å²) in [4.78, 5) is 42.5. The second-order valence-electron chi connectivity index (χ2n) is 9.26. The third kappa shape index (κ3) is 6.21. The van der Waals surface area contributed by atoms with Crippen LogP contribution in [0.4, 0.5) is 10.7 Å². The zero-order chi connectivity index (χ0) is 24.2. The first-order valence-corrected chi connectivity index (χ1v) is 10.8. The highest BCUT2D eigenvalue weighted by Crippen LogP contribution is 2.30. The Bertz CT molecular complexity index is 1000. The van der Waals surface area contributed by atoms with Crippen molar-refractivity contribution in [2.45, 2.75) is 65.5 Å². The molecule has 2 aromatic rings. The molecule has 9 nitrogen and oxygen atoms in total. The molecule has 32 heavy (non-hydrogen) atoms. The van der Waals surface area contributed by atoms with Crippen LogP contribution in [0.15, 0.2) is 12.1 Å². The van der Waals surface area contributed by atoms with E-state index in [0.29, 0.717) is 34.7 Å². The Hall–Kier alpha value is -3.10. The zero-order valence-electron chi connectivity index (χ0n) is 20.1. The molecule has 0 bridgehead atoms. The van der Waals surface area contributed by atoms with E-state index in [1.165, 1.54) is 11.8 Å². The lowest BCUT2D eigenvalue weighted by Gasteiger charge is -2.20. The van der Waals surface area contributed by atoms with Crippen LogP contribution in [0.3, 0.4) is 0 Å². The summed E-state index contributed by atoms with van der Waals surface area (Å²) >= 11 is 0. The minimum absolute atomic E-state index is 0.0292. The molecule has 2 amide bonds. The van der Waals surface area contributed by atoms with Gasteiger partial charge in [-0.1, -0.05) is 0 Å². The van der Waals surface area contributed by atoms with Gasteiger partial charge < -0.3 is 25.3 Å². The SMILES string of the molecule is CC(=O)c1cc(C(=O)N(C)C)c2c(c1)nc(N)n2C(C)CCCCNC(=O)OC(C)(C)C. The van der Waals surface area contributed by atoms with Crippen molar-refractivity contribution in [2.24, 2.45) is 0 Å². The molecule has 1 aromatic carbocycles. The monoisotopic (exact) mass is 445 g/mol. The molecule has 0 fully saturated rings. The number of rotatable bonds is 8. The van der Waals surface area contributed by atoms with Crippen LogP contribution in [0, 0.1) is 0 Å². The van der Waals surface area contributed by atoms with Gasteiger partial charge in [-0.25, -0.2) is 9.78 Å². The number of imidazole rings is 1. The molecular formula is C23H35N5O4. The molecule has 0 spiro atoms. The van der Waals surface area contributed by atoms with Crippen molar-refractivity contribution >= 4 is 34.8 Å². The standard InChI is InChI=1S/C23H35N5O4/c1-14(10-8-9-11-25-22(31)32-23(3,4)5)28-19-17(20(30)27(6)7)12-16(15(2)29)13-18(19)26-21(28)24/h12-14H,8-11H2,1-7H3,(H2,24,26)(H,25,31). The molecule has 0 saturated heterocycles. The molecule has 3 N–H and O–H groups in total. The molecule has 1 atom stereocenters. The number of alkyl carbamates (subject to hydrolysis) is 1. The predicted molar refractivity (Wildman–Crippen MR) is 125 cm³/mol. The van der Waals surface area contributed by atoms with E-state index in [1.807, 2.05) is 32.3 Å². The molecule has 9 heteroatoms. The summed E-state index contributed by atoms with van der Waals surface area (Å²) < 4.78 is 7.09. The number of aromatic nitrogens is 2. The van der Waals surface area contributed by atoms with Gasteiger partial charge in [0.2, 0.25) is 5.95 Å². The number of ether oxygens (including phenoxy) is 1. The molecule has 0 saturated carbocycles. The number of anilines is 1. The highest BCUT2D eigenvalue weighted by molar-refractivity contribution is 6.09. The van der Waals surface area contributed by atoms with Crippen molar-refractivity contribution in [1.29, 1.82) is 0 Å². The van der Waals surface area contributed by atoms with Crippen molar-refractivity contribution in [1.82, 2.24) is 19.8 Å². The largest absolute Gasteiger partial charge is 0.444 e. The van der Waals surface area contributed by atoms with Crippen molar-refractivity contribution in [3.8, 4) is 0 Å². The summed E-state index contributed by atoms with van der Waals surface area (Å²) in [5.41, 5.74) is 7.68. The number of hydrogen-bond acceptors (Lipinski definition) is 6. The predicted octanol–water partition coefficient (Wildman–Crippen LogP) is 3.78. The lowest BCUT2D eigenvalue weighted by molar-refractivity contribution is 0.0526. The van der Waals surface area contributed by atoms with Gasteiger partial charge in [-0.3, -0.25) is 9.59 Å². The van der Waals surface area contributed by atoms with E-state index in [2.05, 4.69) is 10.3 Å². The number of Topliss-reactive ketones (excluding diaryl/α,β-unsaturated/α-hetero) is 1. The van der Waals surface area contributed by atoms with Crippen molar-refractivity contribution in [3.05, 3.63) is 23.3 Å². The Kier molecular flexibility index (Phi) is 7.87. The lowest BCUT2D eigenvalue weighted by atomic mass is 10.0. The first-order valence-electron chi connectivity index (χ1n) is 10.8. The number of carbonyl (C=O) groups excluding carboxylic acids is 3. The molecule has 1 heterocycles. The third-order valence-electron chi connectivity index (χ3n) is 5.01. The molecule has 1 unspecified atom stereocenters. The molecule has 2 rings (SSSR count). The Labute approximate surface area is 189 Å². The minimum atomic E-state index is -0.525. The molecular weight excluding hydrogens is 410 g/mol. The van der Waals surface area contributed by atoms with Gasteiger partial charge in [-0.05, 0) is 66.0 Å². The summed E-state index contributed by atoms with van der Waals surface area (Å²) in [5.74, 6) is -0.0562. The Morgan fingerprint density at radius 2 is 1.88 bits per heavy atom. The number of unbranched alkanes of at least 4 members (excludes halogenated alkanes) is 1. The first kappa shape index (κ1) is 25.2. The van der Waals surface area contributed by atoms with Gasteiger partial charge in [0, 0.05) is 32.2 Å². The van der Waals surface area contributed by atoms with Crippen LogP contribution >= 0.6 is 0 Å². The van der Waals surface area contributed by atoms with Crippen LogP contribution in [-0.4, -0.2) is 58.5 Å². The van der Waals surface area contributed by atoms with E-state index >= 15 is 0 Å². The van der Waals surface area contributed by atoms with Gasteiger partial charge in [-0.2, -0.15) is 0 Å². The number of nitrogens with zero attached hydrogens (tertiary/aromatic N) is 3. The van der Waals surface area contributed by atoms with Crippen LogP contribution in [0.5, 0.6) is 0 Å². The fourth-order valence-corrected chi connectivity index (χ4v) is 3.50. The molecule has 0 aliphatic rings. The molecule has 0 aliphatic heterocycles. The third-order valence-corrected chi connectivity index (χ3v) is 5.01. The summed E-state index contributed by atoms with van der Waals surface area (Å²) in [5, 5.41) is 2.75. The van der Waals surface area contributed by atoms with Crippen molar-refractivity contribution in [3.63, 3.8) is 0 Å². The van der Waals surface area contributed by atoms with Crippen LogP contribution in [-0.2, 0) is 4.74 Å². The molecule has 176 valence electrons. The second kappa shape index (κ2) is 10.0. The fourth-order valence-electron chi connectivity index (χ4n) is 3.50. The van der Waals surface area contributed by atoms with Gasteiger partial charge >= 0.3 is 6.09 Å². The Balaban J connectivity index is 2.17. The highest BCUT2D eigenvalue weighted by Gasteiger charge is 2.23. The van der Waals surface area contributed by atoms with Crippen molar-refractivity contribution in [2.75, 3.05) is 26.4 Å². The maximum absolute atomic E-state index is 12.9. The number of nitrogen functional groups attached to an aromatic ring is 1. The average Bonchev–Trinajstić information content (AvgIpc) is 3.00. The minimum Gasteiger partial charge on any atom is -0.444 e. The lowest BCUT2D eigenvalue weighted by Crippen LogP contribution is -2.33. The molecule has 1 aromatic heterocycles. The molecule has 0 radical (unpaired) electrons. The smallest absolute Gasteiger partial charge is 0.407 e. The van der Waals surface area contributed by atoms with Gasteiger partial charge in [-0.15, -0.1) is 0 Å². The average molecular weight is 446 g/mol. The number of fused-ring (bicyclic) bond motifs is 1. The number of carbonyl (C=O) groups is 3. The summed E-state index contributed by atoms with van der Waals surface area (Å²) in [6.07, 6.45) is 1.95. The van der Waals surface area contributed by atoms with Gasteiger partial charge in [0.05, 0.1) is 16.6 Å². The van der Waals surface area contributed by atoms with E-state index in [1.54, 1.807) is 26.2 Å². The van der Waals surface area contributed by atoms with Gasteiger partial charge in [0.15, 0.2) is 5.78 Å². The number of ketones is 1. The number of benzene rings is 1. The zero-order valence-corrected chi connectivity index (χ0v) is 20.1. The van der Waals surface area contributed by atoms with Crippen LogP contribution in [0.25, 0.3) is 11.0 Å². The second-order valence-corrected chi connectivity index (χ2v) is 9.26. The van der Waals surface area contributed by atoms with E-state index in [0.717, 1.165) is 19.3 Å². The van der Waals surface area contributed by atoms with Crippen LogP contribution in [0.1, 0.15) is 80.6 Å². The number of hydrogen-bond donors (Lipinski definition) is 2. The Morgan fingerprint density at radius 3 is 2.44 bits per heavy atom. The first-order chi connectivity index (χ1) is 14.8. The normalized spacial score (nSPS) is 12.5. The number of amides is 2. The summed E-state index contributed by atoms with van der Waals surface area (Å²) in [7, 11) is 3.33. The van der Waals surface area contributed by atoms with Crippen molar-refractivity contribution < 1.29 is 19.1 Å². The highest BCUT2D eigenvalue weighted by atomic mass is 16.6. The van der Waals surface area contributed by atoms with Crippen LogP contribution < -0.4 is 11.1 Å². The van der Waals surface area contributed by atoms with E-state index in [-0.39, 0.29) is 17.7 Å². The topological polar surface area (TPSA) is 120 Å². The van der Waals surface area contributed by atoms with E-state index in [9.17, 15) is 14.4 Å². The van der Waals surface area contributed by atoms with Crippen LogP contribution in [0.2, 0.25) is 0 Å². The number of nitrogens with one attached hydrogen (secondary N) is 1. The maximum atomic E-state index is 12.9. The summed E-state index contributed by atoms with van der Waals surface area (Å²) in [6, 6.07) is 3.26. The molecule has 0 aliphatic carbocycles. The maximum Gasteiger partial charge on any atom is 0.407 e. The summed E-state index contributed by atoms with van der Waals surface area (Å²) in [6.45, 7) is 9.45. The van der Waals surface area contributed by atoms with Gasteiger partial charge in [0.25, 0.3) is 5.91 Å².